The molecule has 162 valence electrons. The van der Waals surface area contributed by atoms with Crippen LogP contribution in [-0.4, -0.2) is 67.0 Å². The topological polar surface area (TPSA) is 57.2 Å². The molecule has 2 atom stereocenters. The highest BCUT2D eigenvalue weighted by atomic mass is 127. The third-order valence-electron chi connectivity index (χ3n) is 5.21. The summed E-state index contributed by atoms with van der Waals surface area (Å²) in [5, 5.41) is 3.30. The normalized spacial score (nSPS) is 22.8. The van der Waals surface area contributed by atoms with Crippen LogP contribution < -0.4 is 5.32 Å². The zero-order valence-electron chi connectivity index (χ0n) is 17.3. The second kappa shape index (κ2) is 11.7. The summed E-state index contributed by atoms with van der Waals surface area (Å²) in [7, 11) is 0. The van der Waals surface area contributed by atoms with Crippen molar-refractivity contribution in [3.05, 3.63) is 35.6 Å². The second-order valence-electron chi connectivity index (χ2n) is 7.50. The van der Waals surface area contributed by atoms with Crippen molar-refractivity contribution in [2.24, 2.45) is 4.99 Å². The molecule has 6 nitrogen and oxygen atoms in total. The van der Waals surface area contributed by atoms with E-state index in [1.807, 2.05) is 18.7 Å². The Morgan fingerprint density at radius 2 is 1.86 bits per heavy atom. The minimum atomic E-state index is -0.254. The summed E-state index contributed by atoms with van der Waals surface area (Å²) in [6.45, 7) is 7.91. The van der Waals surface area contributed by atoms with Crippen LogP contribution in [0.25, 0.3) is 0 Å². The highest BCUT2D eigenvalue weighted by Crippen LogP contribution is 2.25. The first kappa shape index (κ1) is 23.9. The molecule has 1 amide bonds. The van der Waals surface area contributed by atoms with Gasteiger partial charge in [-0.1, -0.05) is 12.1 Å². The number of nitrogens with one attached hydrogen (secondary N) is 1. The van der Waals surface area contributed by atoms with Gasteiger partial charge in [-0.15, -0.1) is 24.0 Å². The zero-order chi connectivity index (χ0) is 19.9. The van der Waals surface area contributed by atoms with Crippen LogP contribution in [-0.2, 0) is 9.53 Å². The molecule has 0 radical (unpaired) electrons. The average Bonchev–Trinajstić information content (AvgIpc) is 2.71. The summed E-state index contributed by atoms with van der Waals surface area (Å²) in [5.74, 6) is 0.567. The number of morpholine rings is 1. The number of piperidine rings is 1. The average molecular weight is 518 g/mol. The largest absolute Gasteiger partial charge is 0.367 e. The van der Waals surface area contributed by atoms with Crippen molar-refractivity contribution in [3.63, 3.8) is 0 Å². The Morgan fingerprint density at radius 1 is 1.17 bits per heavy atom. The molecule has 0 bridgehead atoms. The number of aliphatic imine (C=N–C) groups is 1. The van der Waals surface area contributed by atoms with E-state index < -0.39 is 0 Å². The quantitative estimate of drug-likeness (QED) is 0.378. The predicted octanol–water partition coefficient (Wildman–Crippen LogP) is 3.18. The molecular weight excluding hydrogens is 486 g/mol. The highest BCUT2D eigenvalue weighted by Gasteiger charge is 2.28. The predicted molar refractivity (Wildman–Crippen MR) is 123 cm³/mol. The Morgan fingerprint density at radius 3 is 2.52 bits per heavy atom. The van der Waals surface area contributed by atoms with E-state index in [9.17, 15) is 9.18 Å². The molecule has 2 fully saturated rings. The van der Waals surface area contributed by atoms with Gasteiger partial charge >= 0.3 is 0 Å². The number of benzene rings is 1. The summed E-state index contributed by atoms with van der Waals surface area (Å²) in [6, 6.07) is 6.44. The van der Waals surface area contributed by atoms with Gasteiger partial charge in [-0.2, -0.15) is 0 Å². The molecule has 2 heterocycles. The van der Waals surface area contributed by atoms with Gasteiger partial charge in [-0.05, 0) is 50.8 Å². The van der Waals surface area contributed by atoms with Crippen LogP contribution in [0.2, 0.25) is 0 Å². The third kappa shape index (κ3) is 6.80. The second-order valence-corrected chi connectivity index (χ2v) is 7.50. The molecule has 1 N–H and O–H groups in total. The van der Waals surface area contributed by atoms with Crippen molar-refractivity contribution < 1.29 is 13.9 Å². The number of rotatable bonds is 4. The van der Waals surface area contributed by atoms with Crippen LogP contribution >= 0.6 is 24.0 Å². The van der Waals surface area contributed by atoms with Gasteiger partial charge in [0.1, 0.15) is 18.5 Å². The molecule has 2 aliphatic rings. The Kier molecular flexibility index (Phi) is 9.61. The van der Waals surface area contributed by atoms with Gasteiger partial charge in [-0.25, -0.2) is 9.38 Å². The van der Waals surface area contributed by atoms with E-state index in [1.165, 1.54) is 18.6 Å². The van der Waals surface area contributed by atoms with Gasteiger partial charge in [0.05, 0.1) is 12.6 Å². The molecule has 0 aliphatic carbocycles. The van der Waals surface area contributed by atoms with E-state index in [2.05, 4.69) is 15.2 Å². The Hall–Kier alpha value is -1.42. The maximum absolute atomic E-state index is 13.2. The number of hydrogen-bond acceptors (Lipinski definition) is 3. The van der Waals surface area contributed by atoms with Crippen molar-refractivity contribution in [3.8, 4) is 0 Å². The number of ether oxygens (including phenoxy) is 1. The smallest absolute Gasteiger partial charge is 0.244 e. The number of carbonyl (C=O) groups excluding carboxylic acids is 1. The van der Waals surface area contributed by atoms with Crippen LogP contribution in [0.4, 0.5) is 4.39 Å². The molecule has 1 aromatic carbocycles. The van der Waals surface area contributed by atoms with Crippen molar-refractivity contribution in [2.45, 2.75) is 45.3 Å². The SMILES string of the molecule is CCNC(=NCC(=O)N1CCCCC1)N1CC(C)OC(c2ccc(F)cc2)C1.I. The molecule has 2 aliphatic heterocycles. The number of guanidine groups is 1. The van der Waals surface area contributed by atoms with E-state index in [-0.39, 0.29) is 54.5 Å². The van der Waals surface area contributed by atoms with Gasteiger partial charge in [0.2, 0.25) is 5.91 Å². The highest BCUT2D eigenvalue weighted by molar-refractivity contribution is 14.0. The van der Waals surface area contributed by atoms with Crippen molar-refractivity contribution in [2.75, 3.05) is 39.3 Å². The van der Waals surface area contributed by atoms with Gasteiger partial charge in [-0.3, -0.25) is 4.79 Å². The Balaban J connectivity index is 0.00000300. The molecule has 29 heavy (non-hydrogen) atoms. The maximum atomic E-state index is 13.2. The number of likely N-dealkylation sites (tertiary alicyclic amines) is 1. The lowest BCUT2D eigenvalue weighted by Gasteiger charge is -2.38. The molecule has 3 rings (SSSR count). The lowest BCUT2D eigenvalue weighted by atomic mass is 10.1. The first-order valence-electron chi connectivity index (χ1n) is 10.3. The van der Waals surface area contributed by atoms with Gasteiger partial charge in [0.15, 0.2) is 5.96 Å². The Labute approximate surface area is 189 Å². The number of halogens is 2. The molecule has 0 spiro atoms. The van der Waals surface area contributed by atoms with E-state index in [0.717, 1.165) is 44.0 Å². The molecule has 2 saturated heterocycles. The standard InChI is InChI=1S/C21H31FN4O2.HI/c1-3-23-21(24-13-20(27)25-11-5-4-6-12-25)26-14-16(2)28-19(15-26)17-7-9-18(22)10-8-17;/h7-10,16,19H,3-6,11-15H2,1-2H3,(H,23,24);1H. The fourth-order valence-electron chi connectivity index (χ4n) is 3.80. The molecular formula is C21H32FIN4O2. The fourth-order valence-corrected chi connectivity index (χ4v) is 3.80. The van der Waals surface area contributed by atoms with Gasteiger partial charge in [0.25, 0.3) is 0 Å². The van der Waals surface area contributed by atoms with Gasteiger partial charge < -0.3 is 19.9 Å². The minimum absolute atomic E-state index is 0. The lowest BCUT2D eigenvalue weighted by molar-refractivity contribution is -0.130. The summed E-state index contributed by atoms with van der Waals surface area (Å²) in [5.41, 5.74) is 0.943. The molecule has 0 saturated carbocycles. The summed E-state index contributed by atoms with van der Waals surface area (Å²) >= 11 is 0. The number of nitrogens with zero attached hydrogens (tertiary/aromatic N) is 3. The van der Waals surface area contributed by atoms with Crippen molar-refractivity contribution >= 4 is 35.8 Å². The molecule has 0 aromatic heterocycles. The first-order valence-corrected chi connectivity index (χ1v) is 10.3. The Bertz CT molecular complexity index is 680. The first-order chi connectivity index (χ1) is 13.6. The molecule has 1 aromatic rings. The van der Waals surface area contributed by atoms with Crippen LogP contribution in [0.15, 0.2) is 29.3 Å². The molecule has 8 heteroatoms. The van der Waals surface area contributed by atoms with E-state index in [1.54, 1.807) is 12.1 Å². The van der Waals surface area contributed by atoms with Gasteiger partial charge in [0, 0.05) is 26.2 Å². The van der Waals surface area contributed by atoms with Crippen LogP contribution in [0.3, 0.4) is 0 Å². The summed E-state index contributed by atoms with van der Waals surface area (Å²) in [4.78, 5) is 21.1. The monoisotopic (exact) mass is 518 g/mol. The third-order valence-corrected chi connectivity index (χ3v) is 5.21. The van der Waals surface area contributed by atoms with E-state index in [0.29, 0.717) is 13.1 Å². The van der Waals surface area contributed by atoms with Crippen LogP contribution in [0.5, 0.6) is 0 Å². The van der Waals surface area contributed by atoms with Crippen LogP contribution in [0.1, 0.15) is 44.8 Å². The maximum Gasteiger partial charge on any atom is 0.244 e. The van der Waals surface area contributed by atoms with Crippen molar-refractivity contribution in [1.82, 2.24) is 15.1 Å². The lowest BCUT2D eigenvalue weighted by Crippen LogP contribution is -2.51. The fraction of sp³-hybridized carbons (Fsp3) is 0.619. The molecule has 2 unspecified atom stereocenters. The van der Waals surface area contributed by atoms with Crippen LogP contribution in [0, 0.1) is 5.82 Å². The van der Waals surface area contributed by atoms with E-state index in [4.69, 9.17) is 4.74 Å². The van der Waals surface area contributed by atoms with Crippen molar-refractivity contribution in [1.29, 1.82) is 0 Å². The number of carbonyl (C=O) groups is 1. The summed E-state index contributed by atoms with van der Waals surface area (Å²) in [6.07, 6.45) is 3.20. The summed E-state index contributed by atoms with van der Waals surface area (Å²) < 4.78 is 19.3. The minimum Gasteiger partial charge on any atom is -0.367 e. The number of hydrogen-bond donors (Lipinski definition) is 1. The zero-order valence-corrected chi connectivity index (χ0v) is 19.6. The number of amides is 1. The van der Waals surface area contributed by atoms with E-state index >= 15 is 0 Å².